The first-order valence-electron chi connectivity index (χ1n) is 5.70. The molecule has 0 bridgehead atoms. The van der Waals surface area contributed by atoms with E-state index in [9.17, 15) is 0 Å². The number of rotatable bonds is 1. The van der Waals surface area contributed by atoms with Crippen LogP contribution in [-0.4, -0.2) is 9.97 Å². The van der Waals surface area contributed by atoms with Crippen LogP contribution in [0.1, 0.15) is 5.56 Å². The molecule has 3 heteroatoms. The molecule has 0 saturated heterocycles. The van der Waals surface area contributed by atoms with Crippen LogP contribution in [-0.2, 0) is 0 Å². The third-order valence-electron chi connectivity index (χ3n) is 2.92. The Balaban J connectivity index is 2.13. The van der Waals surface area contributed by atoms with Crippen molar-refractivity contribution in [2.75, 3.05) is 0 Å². The van der Waals surface area contributed by atoms with E-state index < -0.39 is 0 Å². The van der Waals surface area contributed by atoms with Crippen LogP contribution in [0.15, 0.2) is 42.5 Å². The lowest BCUT2D eigenvalue weighted by molar-refractivity contribution is 1.33. The Hall–Kier alpha value is -2.60. The normalized spacial score (nSPS) is 10.4. The number of nitrogens with zero attached hydrogens (tertiary/aromatic N) is 2. The predicted molar refractivity (Wildman–Crippen MR) is 72.5 cm³/mol. The Labute approximate surface area is 105 Å². The standard InChI is InChI=1S/C15H11N3/c1-10-3-5-11(6-4-10)15-17-13-8-7-12(16-2)9-14(13)18-15/h3-9H,1H3,(H,17,18). The van der Waals surface area contributed by atoms with E-state index in [1.54, 1.807) is 6.07 Å². The number of benzene rings is 2. The van der Waals surface area contributed by atoms with Crippen molar-refractivity contribution in [2.24, 2.45) is 0 Å². The molecule has 0 fully saturated rings. The van der Waals surface area contributed by atoms with Crippen LogP contribution < -0.4 is 0 Å². The Morgan fingerprint density at radius 3 is 2.61 bits per heavy atom. The maximum atomic E-state index is 7.00. The van der Waals surface area contributed by atoms with Crippen molar-refractivity contribution in [1.82, 2.24) is 9.97 Å². The SMILES string of the molecule is [C-]#[N+]c1ccc2nc(-c3ccc(C)cc3)[nH]c2c1. The van der Waals surface area contributed by atoms with Gasteiger partial charge >= 0.3 is 0 Å². The van der Waals surface area contributed by atoms with Crippen molar-refractivity contribution in [2.45, 2.75) is 6.92 Å². The molecule has 86 valence electrons. The molecule has 0 aliphatic heterocycles. The minimum atomic E-state index is 0.626. The molecule has 0 aliphatic rings. The predicted octanol–water partition coefficient (Wildman–Crippen LogP) is 4.09. The third-order valence-corrected chi connectivity index (χ3v) is 2.92. The number of H-pyrrole nitrogens is 1. The molecule has 3 nitrogen and oxygen atoms in total. The molecule has 1 aromatic heterocycles. The van der Waals surface area contributed by atoms with Crippen LogP contribution in [0.4, 0.5) is 5.69 Å². The Morgan fingerprint density at radius 2 is 1.89 bits per heavy atom. The first kappa shape index (κ1) is 10.5. The number of nitrogens with one attached hydrogen (secondary N) is 1. The quantitative estimate of drug-likeness (QED) is 0.631. The van der Waals surface area contributed by atoms with Crippen LogP contribution in [0.2, 0.25) is 0 Å². The van der Waals surface area contributed by atoms with E-state index in [1.165, 1.54) is 5.56 Å². The highest BCUT2D eigenvalue weighted by Gasteiger charge is 2.05. The highest BCUT2D eigenvalue weighted by molar-refractivity contribution is 5.82. The molecule has 18 heavy (non-hydrogen) atoms. The molecule has 3 rings (SSSR count). The van der Waals surface area contributed by atoms with Gasteiger partial charge in [-0.05, 0) is 19.1 Å². The van der Waals surface area contributed by atoms with Crippen LogP contribution in [0.25, 0.3) is 27.3 Å². The lowest BCUT2D eigenvalue weighted by Crippen LogP contribution is -1.80. The van der Waals surface area contributed by atoms with Gasteiger partial charge in [0.1, 0.15) is 5.82 Å². The summed E-state index contributed by atoms with van der Waals surface area (Å²) in [6, 6.07) is 13.7. The molecule has 0 spiro atoms. The number of hydrogen-bond donors (Lipinski definition) is 1. The zero-order chi connectivity index (χ0) is 12.5. The van der Waals surface area contributed by atoms with Crippen LogP contribution in [0, 0.1) is 13.5 Å². The van der Waals surface area contributed by atoms with Crippen molar-refractivity contribution in [1.29, 1.82) is 0 Å². The average molecular weight is 233 g/mol. The fourth-order valence-corrected chi connectivity index (χ4v) is 1.92. The van der Waals surface area contributed by atoms with Crippen molar-refractivity contribution in [3.05, 3.63) is 59.4 Å². The van der Waals surface area contributed by atoms with Gasteiger partial charge in [-0.15, -0.1) is 0 Å². The zero-order valence-electron chi connectivity index (χ0n) is 9.94. The molecule has 0 amide bonds. The van der Waals surface area contributed by atoms with E-state index in [-0.39, 0.29) is 0 Å². The highest BCUT2D eigenvalue weighted by Crippen LogP contribution is 2.24. The van der Waals surface area contributed by atoms with Gasteiger partial charge in [-0.1, -0.05) is 35.9 Å². The van der Waals surface area contributed by atoms with Gasteiger partial charge in [-0.2, -0.15) is 0 Å². The minimum Gasteiger partial charge on any atom is -0.339 e. The van der Waals surface area contributed by atoms with Crippen molar-refractivity contribution in [3.8, 4) is 11.4 Å². The lowest BCUT2D eigenvalue weighted by Gasteiger charge is -1.96. The van der Waals surface area contributed by atoms with E-state index in [0.717, 1.165) is 22.4 Å². The number of aromatic amines is 1. The summed E-state index contributed by atoms with van der Waals surface area (Å²) >= 11 is 0. The molecule has 1 heterocycles. The molecule has 1 N–H and O–H groups in total. The van der Waals surface area contributed by atoms with Crippen LogP contribution in [0.5, 0.6) is 0 Å². The summed E-state index contributed by atoms with van der Waals surface area (Å²) in [6.07, 6.45) is 0. The van der Waals surface area contributed by atoms with Crippen LogP contribution in [0.3, 0.4) is 0 Å². The fraction of sp³-hybridized carbons (Fsp3) is 0.0667. The molecule has 0 aliphatic carbocycles. The molecule has 0 unspecified atom stereocenters. The maximum Gasteiger partial charge on any atom is 0.189 e. The molecular weight excluding hydrogens is 222 g/mol. The summed E-state index contributed by atoms with van der Waals surface area (Å²) in [5.41, 5.74) is 4.70. The maximum absolute atomic E-state index is 7.00. The van der Waals surface area contributed by atoms with Gasteiger partial charge in [0.05, 0.1) is 17.6 Å². The van der Waals surface area contributed by atoms with Gasteiger partial charge in [0, 0.05) is 5.56 Å². The van der Waals surface area contributed by atoms with Gasteiger partial charge < -0.3 is 4.98 Å². The van der Waals surface area contributed by atoms with E-state index in [1.807, 2.05) is 24.3 Å². The summed E-state index contributed by atoms with van der Waals surface area (Å²) in [4.78, 5) is 11.2. The number of aryl methyl sites for hydroxylation is 1. The van der Waals surface area contributed by atoms with Crippen LogP contribution >= 0.6 is 0 Å². The second-order valence-electron chi connectivity index (χ2n) is 4.26. The van der Waals surface area contributed by atoms with E-state index in [2.05, 4.69) is 33.9 Å². The van der Waals surface area contributed by atoms with Gasteiger partial charge in [0.15, 0.2) is 5.69 Å². The molecule has 2 aromatic carbocycles. The monoisotopic (exact) mass is 233 g/mol. The number of aromatic nitrogens is 2. The molecule has 0 radical (unpaired) electrons. The molecule has 0 atom stereocenters. The Kier molecular flexibility index (Phi) is 2.35. The van der Waals surface area contributed by atoms with Crippen molar-refractivity contribution in [3.63, 3.8) is 0 Å². The topological polar surface area (TPSA) is 33.0 Å². The number of imidazole rings is 1. The molecule has 0 saturated carbocycles. The summed E-state index contributed by atoms with van der Waals surface area (Å²) in [6.45, 7) is 9.06. The first-order valence-corrected chi connectivity index (χ1v) is 5.70. The van der Waals surface area contributed by atoms with Gasteiger partial charge in [-0.3, -0.25) is 0 Å². The minimum absolute atomic E-state index is 0.626. The van der Waals surface area contributed by atoms with E-state index in [4.69, 9.17) is 6.57 Å². The zero-order valence-corrected chi connectivity index (χ0v) is 9.94. The number of fused-ring (bicyclic) bond motifs is 1. The highest BCUT2D eigenvalue weighted by atomic mass is 14.9. The average Bonchev–Trinajstić information content (AvgIpc) is 2.82. The van der Waals surface area contributed by atoms with Gasteiger partial charge in [0.25, 0.3) is 0 Å². The summed E-state index contributed by atoms with van der Waals surface area (Å²) < 4.78 is 0. The Bertz CT molecular complexity index is 745. The second-order valence-corrected chi connectivity index (χ2v) is 4.26. The largest absolute Gasteiger partial charge is 0.339 e. The summed E-state index contributed by atoms with van der Waals surface area (Å²) in [5, 5.41) is 0. The van der Waals surface area contributed by atoms with Gasteiger partial charge in [-0.25, -0.2) is 9.83 Å². The van der Waals surface area contributed by atoms with Gasteiger partial charge in [0.2, 0.25) is 0 Å². The first-order chi connectivity index (χ1) is 8.76. The van der Waals surface area contributed by atoms with Crippen molar-refractivity contribution < 1.29 is 0 Å². The second kappa shape index (κ2) is 4.01. The third kappa shape index (κ3) is 1.74. The Morgan fingerprint density at radius 1 is 1.11 bits per heavy atom. The number of hydrogen-bond acceptors (Lipinski definition) is 1. The summed E-state index contributed by atoms with van der Waals surface area (Å²) in [5.74, 6) is 0.840. The van der Waals surface area contributed by atoms with Crippen molar-refractivity contribution >= 4 is 16.7 Å². The van der Waals surface area contributed by atoms with E-state index >= 15 is 0 Å². The summed E-state index contributed by atoms with van der Waals surface area (Å²) in [7, 11) is 0. The molecule has 3 aromatic rings. The lowest BCUT2D eigenvalue weighted by atomic mass is 10.1. The smallest absolute Gasteiger partial charge is 0.189 e. The van der Waals surface area contributed by atoms with E-state index in [0.29, 0.717) is 5.69 Å². The fourth-order valence-electron chi connectivity index (χ4n) is 1.92. The molecular formula is C15H11N3.